The Morgan fingerprint density at radius 3 is 2.68 bits per heavy atom. The minimum absolute atomic E-state index is 0.182. The van der Waals surface area contributed by atoms with E-state index >= 15 is 0 Å². The van der Waals surface area contributed by atoms with E-state index in [9.17, 15) is 9.18 Å². The first-order valence-corrected chi connectivity index (χ1v) is 12.1. The lowest BCUT2D eigenvalue weighted by Gasteiger charge is -2.14. The minimum atomic E-state index is -0.324. The molecule has 0 aliphatic carbocycles. The fourth-order valence-electron chi connectivity index (χ4n) is 3.62. The largest absolute Gasteiger partial charge is 0.494 e. The molecule has 0 atom stereocenters. The van der Waals surface area contributed by atoms with Crippen molar-refractivity contribution in [1.82, 2.24) is 14.9 Å². The van der Waals surface area contributed by atoms with Crippen molar-refractivity contribution in [3.05, 3.63) is 89.5 Å². The van der Waals surface area contributed by atoms with E-state index in [1.165, 1.54) is 31.6 Å². The summed E-state index contributed by atoms with van der Waals surface area (Å²) in [4.78, 5) is 23.1. The number of aromatic nitrogens is 2. The standard InChI is InChI=1S/C28H27ClFN5O3/c1-35(2)11-5-8-27(36)34-24-14-21-23(15-26(24)37-3)31-17-32-28(21)33-20-9-10-25(22(29)13-20)38-16-18-6-4-7-19(30)12-18/h4-10,12-15,17H,11,16H2,1-3H3,(H,34,36)(H,31,32,33)/b8-5+. The number of fused-ring (bicyclic) bond motifs is 1. The van der Waals surface area contributed by atoms with Crippen LogP contribution >= 0.6 is 11.6 Å². The number of hydrogen-bond donors (Lipinski definition) is 2. The Kier molecular flexibility index (Phi) is 8.73. The zero-order valence-corrected chi connectivity index (χ0v) is 21.9. The number of rotatable bonds is 10. The van der Waals surface area contributed by atoms with Gasteiger partial charge < -0.3 is 25.0 Å². The maximum absolute atomic E-state index is 13.4. The van der Waals surface area contributed by atoms with E-state index in [2.05, 4.69) is 20.6 Å². The molecular weight excluding hydrogens is 509 g/mol. The van der Waals surface area contributed by atoms with Crippen LogP contribution in [0.4, 0.5) is 21.6 Å². The lowest BCUT2D eigenvalue weighted by molar-refractivity contribution is -0.111. The molecule has 4 aromatic rings. The monoisotopic (exact) mass is 535 g/mol. The second-order valence-corrected chi connectivity index (χ2v) is 9.04. The van der Waals surface area contributed by atoms with Gasteiger partial charge in [-0.05, 0) is 56.1 Å². The summed E-state index contributed by atoms with van der Waals surface area (Å²) in [7, 11) is 5.37. The molecule has 0 saturated heterocycles. The maximum Gasteiger partial charge on any atom is 0.248 e. The van der Waals surface area contributed by atoms with Gasteiger partial charge in [-0.25, -0.2) is 14.4 Å². The SMILES string of the molecule is COc1cc2ncnc(Nc3ccc(OCc4cccc(F)c4)c(Cl)c3)c2cc1NC(=O)/C=C/CN(C)C. The highest BCUT2D eigenvalue weighted by Crippen LogP contribution is 2.34. The molecule has 0 aliphatic heterocycles. The Bertz CT molecular complexity index is 1480. The Balaban J connectivity index is 1.54. The van der Waals surface area contributed by atoms with E-state index in [4.69, 9.17) is 21.1 Å². The third-order valence-corrected chi connectivity index (χ3v) is 5.73. The summed E-state index contributed by atoms with van der Waals surface area (Å²) in [5.41, 5.74) is 2.47. The van der Waals surface area contributed by atoms with Crippen molar-refractivity contribution in [3.8, 4) is 11.5 Å². The number of likely N-dealkylation sites (N-methyl/N-ethyl adjacent to an activating group) is 1. The quantitative estimate of drug-likeness (QED) is 0.248. The number of nitrogens with zero attached hydrogens (tertiary/aromatic N) is 3. The van der Waals surface area contributed by atoms with Crippen molar-refractivity contribution >= 4 is 45.6 Å². The van der Waals surface area contributed by atoms with Gasteiger partial charge in [0.05, 0.1) is 23.3 Å². The summed E-state index contributed by atoms with van der Waals surface area (Å²) in [5, 5.41) is 7.15. The van der Waals surface area contributed by atoms with Crippen LogP contribution in [0.15, 0.2) is 73.1 Å². The van der Waals surface area contributed by atoms with Crippen LogP contribution in [-0.2, 0) is 11.4 Å². The van der Waals surface area contributed by atoms with Crippen LogP contribution in [0.1, 0.15) is 5.56 Å². The van der Waals surface area contributed by atoms with Gasteiger partial charge in [0, 0.05) is 29.8 Å². The third kappa shape index (κ3) is 6.96. The molecule has 3 aromatic carbocycles. The van der Waals surface area contributed by atoms with Crippen molar-refractivity contribution in [2.24, 2.45) is 0 Å². The van der Waals surface area contributed by atoms with Gasteiger partial charge in [0.1, 0.15) is 36.1 Å². The first-order valence-electron chi connectivity index (χ1n) is 11.7. The number of benzene rings is 3. The zero-order chi connectivity index (χ0) is 27.1. The molecule has 4 rings (SSSR count). The number of amides is 1. The molecule has 196 valence electrons. The van der Waals surface area contributed by atoms with Gasteiger partial charge in [0.2, 0.25) is 5.91 Å². The summed E-state index contributed by atoms with van der Waals surface area (Å²) >= 11 is 6.45. The van der Waals surface area contributed by atoms with Crippen molar-refractivity contribution in [2.45, 2.75) is 6.61 Å². The normalized spacial score (nSPS) is 11.2. The third-order valence-electron chi connectivity index (χ3n) is 5.43. The second-order valence-electron chi connectivity index (χ2n) is 8.63. The van der Waals surface area contributed by atoms with Crippen molar-refractivity contribution in [2.75, 3.05) is 38.4 Å². The van der Waals surface area contributed by atoms with Gasteiger partial charge >= 0.3 is 0 Å². The van der Waals surface area contributed by atoms with Crippen LogP contribution < -0.4 is 20.1 Å². The van der Waals surface area contributed by atoms with Gasteiger partial charge in [0.15, 0.2) is 0 Å². The number of methoxy groups -OCH3 is 1. The molecule has 0 unspecified atom stereocenters. The summed E-state index contributed by atoms with van der Waals surface area (Å²) in [6.45, 7) is 0.822. The molecule has 10 heteroatoms. The van der Waals surface area contributed by atoms with Gasteiger partial charge in [-0.2, -0.15) is 0 Å². The molecule has 0 aliphatic rings. The smallest absolute Gasteiger partial charge is 0.248 e. The van der Waals surface area contributed by atoms with E-state index < -0.39 is 0 Å². The summed E-state index contributed by atoms with van der Waals surface area (Å²) in [6, 6.07) is 14.9. The lowest BCUT2D eigenvalue weighted by Crippen LogP contribution is -2.13. The average molecular weight is 536 g/mol. The first-order chi connectivity index (χ1) is 18.3. The van der Waals surface area contributed by atoms with E-state index in [0.717, 1.165) is 0 Å². The highest BCUT2D eigenvalue weighted by molar-refractivity contribution is 6.32. The molecule has 38 heavy (non-hydrogen) atoms. The Morgan fingerprint density at radius 1 is 1.11 bits per heavy atom. The number of carbonyl (C=O) groups is 1. The Morgan fingerprint density at radius 2 is 1.95 bits per heavy atom. The summed E-state index contributed by atoms with van der Waals surface area (Å²) < 4.78 is 24.6. The molecule has 0 spiro atoms. The Labute approximate surface area is 225 Å². The highest BCUT2D eigenvalue weighted by atomic mass is 35.5. The second kappa shape index (κ2) is 12.4. The highest BCUT2D eigenvalue weighted by Gasteiger charge is 2.13. The number of ether oxygens (including phenoxy) is 2. The van der Waals surface area contributed by atoms with E-state index in [0.29, 0.717) is 56.7 Å². The number of hydrogen-bond acceptors (Lipinski definition) is 7. The van der Waals surface area contributed by atoms with Crippen molar-refractivity contribution in [3.63, 3.8) is 0 Å². The molecule has 0 saturated carbocycles. The molecule has 8 nitrogen and oxygen atoms in total. The predicted molar refractivity (Wildman–Crippen MR) is 148 cm³/mol. The van der Waals surface area contributed by atoms with Crippen LogP contribution in [0.3, 0.4) is 0 Å². The minimum Gasteiger partial charge on any atom is -0.494 e. The molecule has 0 bridgehead atoms. The molecule has 0 radical (unpaired) electrons. The zero-order valence-electron chi connectivity index (χ0n) is 21.2. The molecule has 2 N–H and O–H groups in total. The van der Waals surface area contributed by atoms with Crippen LogP contribution in [-0.4, -0.2) is 48.5 Å². The fraction of sp³-hybridized carbons (Fsp3) is 0.179. The fourth-order valence-corrected chi connectivity index (χ4v) is 3.85. The van der Waals surface area contributed by atoms with Gasteiger partial charge in [0.25, 0.3) is 0 Å². The predicted octanol–water partition coefficient (Wildman–Crippen LogP) is 5.81. The summed E-state index contributed by atoms with van der Waals surface area (Å²) in [6.07, 6.45) is 4.68. The number of carbonyl (C=O) groups excluding carboxylic acids is 1. The molecule has 1 aromatic heterocycles. The lowest BCUT2D eigenvalue weighted by atomic mass is 10.1. The summed E-state index contributed by atoms with van der Waals surface area (Å²) in [5.74, 6) is 0.845. The molecule has 1 heterocycles. The van der Waals surface area contributed by atoms with E-state index in [1.54, 1.807) is 48.5 Å². The van der Waals surface area contributed by atoms with Crippen LogP contribution in [0.25, 0.3) is 10.9 Å². The number of halogens is 2. The topological polar surface area (TPSA) is 88.6 Å². The van der Waals surface area contributed by atoms with E-state index in [1.807, 2.05) is 19.0 Å². The molecule has 0 fully saturated rings. The van der Waals surface area contributed by atoms with Gasteiger partial charge in [-0.15, -0.1) is 0 Å². The van der Waals surface area contributed by atoms with Crippen LogP contribution in [0, 0.1) is 5.82 Å². The average Bonchev–Trinajstić information content (AvgIpc) is 2.88. The van der Waals surface area contributed by atoms with Crippen LogP contribution in [0.5, 0.6) is 11.5 Å². The molecular formula is C28H27ClFN5O3. The first kappa shape index (κ1) is 26.8. The number of nitrogens with one attached hydrogen (secondary N) is 2. The van der Waals surface area contributed by atoms with Gasteiger partial charge in [-0.1, -0.05) is 29.8 Å². The Hall–Kier alpha value is -4.21. The van der Waals surface area contributed by atoms with Crippen molar-refractivity contribution in [1.29, 1.82) is 0 Å². The van der Waals surface area contributed by atoms with E-state index in [-0.39, 0.29) is 18.3 Å². The van der Waals surface area contributed by atoms with Gasteiger partial charge in [-0.3, -0.25) is 4.79 Å². The van der Waals surface area contributed by atoms with Crippen molar-refractivity contribution < 1.29 is 18.7 Å². The number of anilines is 3. The maximum atomic E-state index is 13.4. The van der Waals surface area contributed by atoms with Crippen LogP contribution in [0.2, 0.25) is 5.02 Å². The molecule has 1 amide bonds.